The van der Waals surface area contributed by atoms with Gasteiger partial charge in [0.1, 0.15) is 0 Å². The third-order valence-electron chi connectivity index (χ3n) is 3.64. The molecule has 2 rings (SSSR count). The van der Waals surface area contributed by atoms with E-state index in [9.17, 15) is 14.7 Å². The van der Waals surface area contributed by atoms with Gasteiger partial charge in [-0.2, -0.15) is 0 Å². The number of hydrogen-bond donors (Lipinski definition) is 1. The Balaban J connectivity index is 2.32. The average Bonchev–Trinajstić information content (AvgIpc) is 2.51. The Morgan fingerprint density at radius 1 is 1.14 bits per heavy atom. The van der Waals surface area contributed by atoms with E-state index in [4.69, 9.17) is 9.47 Å². The molecule has 0 saturated heterocycles. The summed E-state index contributed by atoms with van der Waals surface area (Å²) in [7, 11) is 0. The highest BCUT2D eigenvalue weighted by Crippen LogP contribution is 2.37. The van der Waals surface area contributed by atoms with Crippen molar-refractivity contribution in [2.75, 3.05) is 13.2 Å². The predicted octanol–water partition coefficient (Wildman–Crippen LogP) is 2.11. The minimum Gasteiger partial charge on any atom is -0.465 e. The minimum absolute atomic E-state index is 0.165. The van der Waals surface area contributed by atoms with Crippen LogP contribution in [-0.4, -0.2) is 30.3 Å². The van der Waals surface area contributed by atoms with E-state index in [1.807, 2.05) is 18.2 Å². The van der Waals surface area contributed by atoms with E-state index in [1.165, 1.54) is 0 Å². The van der Waals surface area contributed by atoms with Crippen LogP contribution in [0, 0.1) is 11.8 Å². The van der Waals surface area contributed by atoms with E-state index in [1.54, 1.807) is 32.1 Å². The summed E-state index contributed by atoms with van der Waals surface area (Å²) >= 11 is 0. The number of carbonyl (C=O) groups is 2. The molecule has 1 aromatic carbocycles. The molecule has 5 heteroatoms. The highest BCUT2D eigenvalue weighted by Gasteiger charge is 2.41. The Morgan fingerprint density at radius 3 is 2.32 bits per heavy atom. The van der Waals surface area contributed by atoms with Gasteiger partial charge in [-0.15, -0.1) is 0 Å². The fourth-order valence-corrected chi connectivity index (χ4v) is 2.63. The fourth-order valence-electron chi connectivity index (χ4n) is 2.63. The van der Waals surface area contributed by atoms with E-state index in [0.29, 0.717) is 5.56 Å². The van der Waals surface area contributed by atoms with Crippen molar-refractivity contribution >= 4 is 18.0 Å². The number of hydrogen-bond acceptors (Lipinski definition) is 5. The Morgan fingerprint density at radius 2 is 1.73 bits per heavy atom. The van der Waals surface area contributed by atoms with Gasteiger partial charge in [-0.05, 0) is 25.0 Å². The molecule has 1 aliphatic carbocycles. The van der Waals surface area contributed by atoms with Crippen LogP contribution in [0.15, 0.2) is 30.3 Å². The van der Waals surface area contributed by atoms with Gasteiger partial charge in [0.25, 0.3) is 0 Å². The SMILES string of the molecule is CCOC(=O)C(C(=O)OCC)[C@@H]1C=Cc2ccccc2[C@H]1O. The molecule has 0 amide bonds. The molecule has 0 heterocycles. The molecule has 0 unspecified atom stereocenters. The molecule has 5 nitrogen and oxygen atoms in total. The van der Waals surface area contributed by atoms with Crippen molar-refractivity contribution in [3.05, 3.63) is 41.5 Å². The summed E-state index contributed by atoms with van der Waals surface area (Å²) in [6.07, 6.45) is 2.52. The minimum atomic E-state index is -1.17. The summed E-state index contributed by atoms with van der Waals surface area (Å²) in [5, 5.41) is 10.6. The van der Waals surface area contributed by atoms with Crippen LogP contribution >= 0.6 is 0 Å². The first-order valence-corrected chi connectivity index (χ1v) is 7.38. The van der Waals surface area contributed by atoms with Crippen molar-refractivity contribution in [2.24, 2.45) is 11.8 Å². The van der Waals surface area contributed by atoms with Crippen molar-refractivity contribution in [1.29, 1.82) is 0 Å². The van der Waals surface area contributed by atoms with E-state index in [-0.39, 0.29) is 13.2 Å². The quantitative estimate of drug-likeness (QED) is 0.666. The standard InChI is InChI=1S/C17H20O5/c1-3-21-16(19)14(17(20)22-4-2)13-10-9-11-7-5-6-8-12(11)15(13)18/h5-10,13-15,18H,3-4H2,1-2H3/t13-,15+/m0/s1. The van der Waals surface area contributed by atoms with Crippen molar-refractivity contribution in [1.82, 2.24) is 0 Å². The number of aliphatic hydroxyl groups is 1. The molecule has 0 bridgehead atoms. The zero-order valence-electron chi connectivity index (χ0n) is 12.7. The number of esters is 2. The normalized spacial score (nSPS) is 19.6. The number of fused-ring (bicyclic) bond motifs is 1. The fraction of sp³-hybridized carbons (Fsp3) is 0.412. The first-order valence-electron chi connectivity index (χ1n) is 7.38. The Labute approximate surface area is 129 Å². The van der Waals surface area contributed by atoms with Gasteiger partial charge < -0.3 is 14.6 Å². The van der Waals surface area contributed by atoms with Crippen molar-refractivity contribution in [3.63, 3.8) is 0 Å². The first kappa shape index (κ1) is 16.2. The van der Waals surface area contributed by atoms with Crippen LogP contribution in [0.2, 0.25) is 0 Å². The van der Waals surface area contributed by atoms with Gasteiger partial charge in [0.15, 0.2) is 5.92 Å². The van der Waals surface area contributed by atoms with Crippen LogP contribution in [0.25, 0.3) is 6.08 Å². The topological polar surface area (TPSA) is 72.8 Å². The van der Waals surface area contributed by atoms with Gasteiger partial charge in [-0.1, -0.05) is 36.4 Å². The number of aliphatic hydroxyl groups excluding tert-OH is 1. The molecule has 0 saturated carbocycles. The molecule has 2 atom stereocenters. The van der Waals surface area contributed by atoms with Crippen LogP contribution in [0.5, 0.6) is 0 Å². The zero-order valence-corrected chi connectivity index (χ0v) is 12.7. The third kappa shape index (κ3) is 3.20. The summed E-state index contributed by atoms with van der Waals surface area (Å²) < 4.78 is 9.95. The Kier molecular flexibility index (Phi) is 5.33. The largest absolute Gasteiger partial charge is 0.465 e. The van der Waals surface area contributed by atoms with Crippen LogP contribution in [-0.2, 0) is 19.1 Å². The maximum atomic E-state index is 12.1. The molecule has 0 radical (unpaired) electrons. The molecular formula is C17H20O5. The second-order valence-electron chi connectivity index (χ2n) is 4.99. The molecule has 0 fully saturated rings. The third-order valence-corrected chi connectivity index (χ3v) is 3.64. The molecule has 1 N–H and O–H groups in total. The second-order valence-corrected chi connectivity index (χ2v) is 4.99. The zero-order chi connectivity index (χ0) is 16.1. The number of rotatable bonds is 5. The molecule has 0 aromatic heterocycles. The van der Waals surface area contributed by atoms with Crippen LogP contribution in [0.4, 0.5) is 0 Å². The Bertz CT molecular complexity index is 560. The number of carbonyl (C=O) groups excluding carboxylic acids is 2. The summed E-state index contributed by atoms with van der Waals surface area (Å²) in [4.78, 5) is 24.3. The van der Waals surface area contributed by atoms with E-state index < -0.39 is 29.9 Å². The lowest BCUT2D eigenvalue weighted by Gasteiger charge is -2.29. The molecular weight excluding hydrogens is 284 g/mol. The van der Waals surface area contributed by atoms with Gasteiger partial charge in [0.05, 0.1) is 19.3 Å². The highest BCUT2D eigenvalue weighted by atomic mass is 16.6. The van der Waals surface area contributed by atoms with E-state index in [2.05, 4.69) is 0 Å². The molecule has 1 aromatic rings. The molecule has 0 spiro atoms. The van der Waals surface area contributed by atoms with Crippen molar-refractivity contribution < 1.29 is 24.2 Å². The van der Waals surface area contributed by atoms with Gasteiger partial charge in [0.2, 0.25) is 0 Å². The lowest BCUT2D eigenvalue weighted by molar-refractivity contribution is -0.165. The van der Waals surface area contributed by atoms with Gasteiger partial charge in [0, 0.05) is 5.92 Å². The first-order chi connectivity index (χ1) is 10.6. The lowest BCUT2D eigenvalue weighted by atomic mass is 9.79. The molecule has 0 aliphatic heterocycles. The summed E-state index contributed by atoms with van der Waals surface area (Å²) in [6, 6.07) is 7.32. The van der Waals surface area contributed by atoms with Gasteiger partial charge >= 0.3 is 11.9 Å². The summed E-state index contributed by atoms with van der Waals surface area (Å²) in [5.74, 6) is -3.21. The van der Waals surface area contributed by atoms with Crippen molar-refractivity contribution in [3.8, 4) is 0 Å². The predicted molar refractivity (Wildman–Crippen MR) is 80.7 cm³/mol. The maximum absolute atomic E-state index is 12.1. The summed E-state index contributed by atoms with van der Waals surface area (Å²) in [5.41, 5.74) is 1.56. The number of benzene rings is 1. The average molecular weight is 304 g/mol. The van der Waals surface area contributed by atoms with E-state index >= 15 is 0 Å². The molecule has 118 valence electrons. The second kappa shape index (κ2) is 7.22. The Hall–Kier alpha value is -2.14. The van der Waals surface area contributed by atoms with Gasteiger partial charge in [-0.25, -0.2) is 0 Å². The maximum Gasteiger partial charge on any atom is 0.321 e. The van der Waals surface area contributed by atoms with Crippen LogP contribution in [0.1, 0.15) is 31.1 Å². The highest BCUT2D eigenvalue weighted by molar-refractivity contribution is 5.96. The van der Waals surface area contributed by atoms with Crippen LogP contribution < -0.4 is 0 Å². The van der Waals surface area contributed by atoms with E-state index in [0.717, 1.165) is 5.56 Å². The van der Waals surface area contributed by atoms with Gasteiger partial charge in [-0.3, -0.25) is 9.59 Å². The van der Waals surface area contributed by atoms with Crippen LogP contribution in [0.3, 0.4) is 0 Å². The summed E-state index contributed by atoms with van der Waals surface area (Å²) in [6.45, 7) is 3.67. The lowest BCUT2D eigenvalue weighted by Crippen LogP contribution is -2.37. The number of ether oxygens (including phenoxy) is 2. The smallest absolute Gasteiger partial charge is 0.321 e. The molecule has 1 aliphatic rings. The van der Waals surface area contributed by atoms with Crippen molar-refractivity contribution in [2.45, 2.75) is 20.0 Å². The molecule has 22 heavy (non-hydrogen) atoms. The monoisotopic (exact) mass is 304 g/mol.